The smallest absolute Gasteiger partial charge is 0.295 e. The number of likely N-dealkylation sites (tertiary alicyclic amines) is 1. The Labute approximate surface area is 248 Å². The summed E-state index contributed by atoms with van der Waals surface area (Å²) < 4.78 is 22.6. The number of carbonyl (C=O) groups excluding carboxylic acids is 2. The van der Waals surface area contributed by atoms with Crippen LogP contribution >= 0.6 is 0 Å². The molecule has 0 aliphatic carbocycles. The van der Waals surface area contributed by atoms with Crippen LogP contribution in [-0.4, -0.2) is 86.3 Å². The first-order valence-corrected chi connectivity index (χ1v) is 14.6. The van der Waals surface area contributed by atoms with Crippen molar-refractivity contribution < 1.29 is 33.6 Å². The van der Waals surface area contributed by atoms with E-state index in [-0.39, 0.29) is 11.3 Å². The van der Waals surface area contributed by atoms with Crippen molar-refractivity contribution in [3.05, 3.63) is 71.3 Å². The lowest BCUT2D eigenvalue weighted by Crippen LogP contribution is -2.39. The van der Waals surface area contributed by atoms with Gasteiger partial charge in [0.1, 0.15) is 18.1 Å². The number of rotatable bonds is 14. The molecule has 2 aliphatic rings. The Morgan fingerprint density at radius 1 is 1.05 bits per heavy atom. The number of Topliss-reactive ketones (excluding diaryl/α,β-unsaturated/α-hetero) is 1. The van der Waals surface area contributed by atoms with Crippen LogP contribution in [0.25, 0.3) is 5.76 Å². The first kappa shape index (κ1) is 31.1. The molecule has 0 saturated carbocycles. The third-order valence-corrected chi connectivity index (χ3v) is 7.58. The summed E-state index contributed by atoms with van der Waals surface area (Å²) in [6.45, 7) is 12.8. The molecule has 0 aromatic heterocycles. The summed E-state index contributed by atoms with van der Waals surface area (Å²) in [5.74, 6) is 0.127. The highest BCUT2D eigenvalue weighted by atomic mass is 16.5. The Bertz CT molecular complexity index is 1300. The van der Waals surface area contributed by atoms with E-state index in [1.807, 2.05) is 6.92 Å². The molecule has 2 aromatic carbocycles. The lowest BCUT2D eigenvalue weighted by atomic mass is 9.94. The first-order valence-electron chi connectivity index (χ1n) is 14.6. The molecule has 2 aromatic rings. The van der Waals surface area contributed by atoms with Gasteiger partial charge in [0.15, 0.2) is 11.5 Å². The number of amides is 1. The molecule has 2 fully saturated rings. The molecule has 4 rings (SSSR count). The molecule has 1 atom stereocenters. The van der Waals surface area contributed by atoms with E-state index >= 15 is 0 Å². The van der Waals surface area contributed by atoms with Crippen LogP contribution in [0.15, 0.2) is 54.6 Å². The highest BCUT2D eigenvalue weighted by Crippen LogP contribution is 2.42. The van der Waals surface area contributed by atoms with Gasteiger partial charge >= 0.3 is 0 Å². The van der Waals surface area contributed by atoms with Crippen molar-refractivity contribution in [1.29, 1.82) is 0 Å². The number of ketones is 1. The molecule has 1 amide bonds. The largest absolute Gasteiger partial charge is 0.507 e. The summed E-state index contributed by atoms with van der Waals surface area (Å²) in [6, 6.07) is 9.81. The molecule has 0 spiro atoms. The van der Waals surface area contributed by atoms with E-state index in [4.69, 9.17) is 18.9 Å². The van der Waals surface area contributed by atoms with Crippen LogP contribution in [0.2, 0.25) is 0 Å². The maximum Gasteiger partial charge on any atom is 0.295 e. The quantitative estimate of drug-likeness (QED) is 0.111. The van der Waals surface area contributed by atoms with Gasteiger partial charge in [-0.25, -0.2) is 0 Å². The number of nitrogens with zero attached hydrogens (tertiary/aromatic N) is 2. The van der Waals surface area contributed by atoms with Gasteiger partial charge in [-0.2, -0.15) is 0 Å². The molecule has 226 valence electrons. The summed E-state index contributed by atoms with van der Waals surface area (Å²) in [6.07, 6.45) is 4.27. The molecule has 1 unspecified atom stereocenters. The average Bonchev–Trinajstić information content (AvgIpc) is 3.26. The molecule has 0 radical (unpaired) electrons. The molecule has 2 saturated heterocycles. The number of unbranched alkanes of at least 4 members (excludes halogenated alkanes) is 1. The van der Waals surface area contributed by atoms with Crippen LogP contribution in [0, 0.1) is 6.92 Å². The number of aryl methyl sites for hydroxylation is 1. The van der Waals surface area contributed by atoms with Crippen LogP contribution < -0.4 is 14.2 Å². The van der Waals surface area contributed by atoms with E-state index in [2.05, 4.69) is 18.4 Å². The van der Waals surface area contributed by atoms with Gasteiger partial charge in [-0.1, -0.05) is 32.1 Å². The molecule has 2 heterocycles. The fraction of sp³-hybridized carbons (Fsp3) is 0.455. The van der Waals surface area contributed by atoms with Crippen molar-refractivity contribution in [2.45, 2.75) is 39.2 Å². The summed E-state index contributed by atoms with van der Waals surface area (Å²) in [7, 11) is 1.53. The standard InChI is InChI=1S/C33H42N2O7/c1-5-7-18-42-26-11-10-25(21-23(26)3)31(36)29-30(24-9-12-27(41-17-6-2)28(22-24)39-4)35(33(38)32(29)37)14-8-13-34-15-19-40-20-16-34/h6,9-12,21-22,30,36H,2,5,7-8,13-20H2,1,3-4H3/b31-29+. The Balaban J connectivity index is 1.70. The number of carbonyl (C=O) groups is 2. The number of morpholine rings is 1. The monoisotopic (exact) mass is 578 g/mol. The Morgan fingerprint density at radius 2 is 1.81 bits per heavy atom. The molecule has 9 nitrogen and oxygen atoms in total. The normalized spacial score (nSPS) is 18.7. The van der Waals surface area contributed by atoms with Crippen LogP contribution in [-0.2, 0) is 14.3 Å². The molecule has 42 heavy (non-hydrogen) atoms. The van der Waals surface area contributed by atoms with E-state index in [9.17, 15) is 14.7 Å². The number of ether oxygens (including phenoxy) is 4. The Hall–Kier alpha value is -3.82. The third-order valence-electron chi connectivity index (χ3n) is 7.58. The van der Waals surface area contributed by atoms with E-state index in [1.54, 1.807) is 47.4 Å². The molecule has 0 bridgehead atoms. The topological polar surface area (TPSA) is 97.8 Å². The summed E-state index contributed by atoms with van der Waals surface area (Å²) in [5, 5.41) is 11.6. The van der Waals surface area contributed by atoms with Gasteiger partial charge in [-0.15, -0.1) is 0 Å². The number of aliphatic hydroxyl groups excluding tert-OH is 1. The predicted octanol–water partition coefficient (Wildman–Crippen LogP) is 4.89. The third kappa shape index (κ3) is 7.14. The second kappa shape index (κ2) is 14.9. The maximum atomic E-state index is 13.5. The Kier molecular flexibility index (Phi) is 11.0. The van der Waals surface area contributed by atoms with Gasteiger partial charge in [0, 0.05) is 31.7 Å². The Morgan fingerprint density at radius 3 is 2.50 bits per heavy atom. The molecule has 9 heteroatoms. The van der Waals surface area contributed by atoms with Gasteiger partial charge in [-0.05, 0) is 61.2 Å². The molecule has 2 aliphatic heterocycles. The van der Waals surface area contributed by atoms with Crippen molar-refractivity contribution in [1.82, 2.24) is 9.80 Å². The van der Waals surface area contributed by atoms with Crippen molar-refractivity contribution >= 4 is 17.4 Å². The fourth-order valence-electron chi connectivity index (χ4n) is 5.31. The highest BCUT2D eigenvalue weighted by Gasteiger charge is 2.46. The number of hydrogen-bond donors (Lipinski definition) is 1. The minimum absolute atomic E-state index is 0.0484. The molecule has 1 N–H and O–H groups in total. The van der Waals surface area contributed by atoms with Gasteiger partial charge in [-0.3, -0.25) is 14.5 Å². The van der Waals surface area contributed by atoms with Gasteiger partial charge in [0.05, 0.1) is 38.5 Å². The van der Waals surface area contributed by atoms with Crippen molar-refractivity contribution in [2.75, 3.05) is 59.7 Å². The second-order valence-electron chi connectivity index (χ2n) is 10.5. The van der Waals surface area contributed by atoms with Gasteiger partial charge in [0.25, 0.3) is 11.7 Å². The zero-order valence-electron chi connectivity index (χ0n) is 24.9. The van der Waals surface area contributed by atoms with Crippen LogP contribution in [0.5, 0.6) is 17.2 Å². The lowest BCUT2D eigenvalue weighted by Gasteiger charge is -2.29. The average molecular weight is 579 g/mol. The molecular formula is C33H42N2O7. The lowest BCUT2D eigenvalue weighted by molar-refractivity contribution is -0.140. The van der Waals surface area contributed by atoms with Crippen molar-refractivity contribution in [3.63, 3.8) is 0 Å². The van der Waals surface area contributed by atoms with E-state index in [0.717, 1.165) is 43.8 Å². The zero-order chi connectivity index (χ0) is 30.1. The SMILES string of the molecule is C=CCOc1ccc(C2/C(=C(\O)c3ccc(OCCCC)c(C)c3)C(=O)C(=O)N2CCCN2CCOCC2)cc1OC. The zero-order valence-corrected chi connectivity index (χ0v) is 24.9. The van der Waals surface area contributed by atoms with Gasteiger partial charge < -0.3 is 29.0 Å². The first-order chi connectivity index (χ1) is 20.4. The predicted molar refractivity (Wildman–Crippen MR) is 161 cm³/mol. The number of hydrogen-bond acceptors (Lipinski definition) is 8. The van der Waals surface area contributed by atoms with E-state index in [0.29, 0.717) is 62.0 Å². The second-order valence-corrected chi connectivity index (χ2v) is 10.5. The fourth-order valence-corrected chi connectivity index (χ4v) is 5.31. The van der Waals surface area contributed by atoms with Crippen LogP contribution in [0.3, 0.4) is 0 Å². The number of benzene rings is 2. The van der Waals surface area contributed by atoms with Crippen molar-refractivity contribution in [3.8, 4) is 17.2 Å². The molecular weight excluding hydrogens is 536 g/mol. The number of aliphatic hydroxyl groups is 1. The summed E-state index contributed by atoms with van der Waals surface area (Å²) >= 11 is 0. The van der Waals surface area contributed by atoms with Crippen molar-refractivity contribution in [2.24, 2.45) is 0 Å². The van der Waals surface area contributed by atoms with Gasteiger partial charge in [0.2, 0.25) is 0 Å². The number of methoxy groups -OCH3 is 1. The highest BCUT2D eigenvalue weighted by molar-refractivity contribution is 6.46. The van der Waals surface area contributed by atoms with E-state index in [1.165, 1.54) is 7.11 Å². The summed E-state index contributed by atoms with van der Waals surface area (Å²) in [4.78, 5) is 30.8. The summed E-state index contributed by atoms with van der Waals surface area (Å²) in [5.41, 5.74) is 1.97. The minimum atomic E-state index is -0.794. The minimum Gasteiger partial charge on any atom is -0.507 e. The van der Waals surface area contributed by atoms with Crippen LogP contribution in [0.4, 0.5) is 0 Å². The van der Waals surface area contributed by atoms with Crippen LogP contribution in [0.1, 0.15) is 48.9 Å². The van der Waals surface area contributed by atoms with E-state index < -0.39 is 17.7 Å². The maximum absolute atomic E-state index is 13.5.